The van der Waals surface area contributed by atoms with Gasteiger partial charge in [-0.15, -0.1) is 12.4 Å². The van der Waals surface area contributed by atoms with E-state index >= 15 is 0 Å². The molecule has 0 saturated carbocycles. The Labute approximate surface area is 150 Å². The molecule has 118 valence electrons. The van der Waals surface area contributed by atoms with Gasteiger partial charge in [0.1, 0.15) is 5.82 Å². The molecule has 0 unspecified atom stereocenters. The standard InChI is InChI=1S/C18H16BrN3.ClH/c1-12-3-9-16(10-4-12)21-17-11-13(2)20-18(22-17)14-5-7-15(19)8-6-14;/h3-11H,1-2H3,(H,20,21,22);1H. The van der Waals surface area contributed by atoms with Gasteiger partial charge in [-0.05, 0) is 38.1 Å². The highest BCUT2D eigenvalue weighted by Crippen LogP contribution is 2.22. The number of aromatic nitrogens is 2. The molecule has 0 amide bonds. The van der Waals surface area contributed by atoms with E-state index in [0.29, 0.717) is 0 Å². The zero-order valence-corrected chi connectivity index (χ0v) is 15.3. The van der Waals surface area contributed by atoms with Crippen LogP contribution < -0.4 is 5.32 Å². The number of aryl methyl sites for hydroxylation is 2. The summed E-state index contributed by atoms with van der Waals surface area (Å²) in [6, 6.07) is 18.2. The van der Waals surface area contributed by atoms with Crippen LogP contribution in [0.5, 0.6) is 0 Å². The van der Waals surface area contributed by atoms with E-state index in [1.165, 1.54) is 5.56 Å². The first-order chi connectivity index (χ1) is 10.6. The normalized spacial score (nSPS) is 10.0. The molecule has 0 aliphatic rings. The molecule has 0 bridgehead atoms. The maximum absolute atomic E-state index is 4.61. The van der Waals surface area contributed by atoms with Gasteiger partial charge in [-0.3, -0.25) is 0 Å². The summed E-state index contributed by atoms with van der Waals surface area (Å²) >= 11 is 3.44. The van der Waals surface area contributed by atoms with Crippen LogP contribution >= 0.6 is 28.3 Å². The van der Waals surface area contributed by atoms with Crippen LogP contribution in [0.1, 0.15) is 11.3 Å². The Balaban J connectivity index is 0.00000192. The van der Waals surface area contributed by atoms with Gasteiger partial charge in [-0.25, -0.2) is 9.97 Å². The maximum atomic E-state index is 4.61. The van der Waals surface area contributed by atoms with Crippen LogP contribution in [0.3, 0.4) is 0 Å². The summed E-state index contributed by atoms with van der Waals surface area (Å²) in [6.45, 7) is 4.05. The predicted molar refractivity (Wildman–Crippen MR) is 102 cm³/mol. The summed E-state index contributed by atoms with van der Waals surface area (Å²) in [5.41, 5.74) is 4.19. The molecule has 3 nitrogen and oxygen atoms in total. The van der Waals surface area contributed by atoms with E-state index in [1.807, 2.05) is 49.4 Å². The highest BCUT2D eigenvalue weighted by molar-refractivity contribution is 9.10. The van der Waals surface area contributed by atoms with Crippen molar-refractivity contribution >= 4 is 39.8 Å². The average Bonchev–Trinajstić information content (AvgIpc) is 2.50. The SMILES string of the molecule is Cc1ccc(Nc2cc(C)nc(-c3ccc(Br)cc3)n2)cc1.Cl. The van der Waals surface area contributed by atoms with Gasteiger partial charge in [0, 0.05) is 27.5 Å². The van der Waals surface area contributed by atoms with Gasteiger partial charge >= 0.3 is 0 Å². The summed E-state index contributed by atoms with van der Waals surface area (Å²) in [5, 5.41) is 3.33. The number of rotatable bonds is 3. The zero-order chi connectivity index (χ0) is 15.5. The van der Waals surface area contributed by atoms with Crippen LogP contribution in [0.15, 0.2) is 59.1 Å². The van der Waals surface area contributed by atoms with Crippen molar-refractivity contribution in [2.75, 3.05) is 5.32 Å². The molecule has 1 aromatic heterocycles. The second-order valence-corrected chi connectivity index (χ2v) is 6.13. The molecule has 0 aliphatic heterocycles. The quantitative estimate of drug-likeness (QED) is 0.624. The van der Waals surface area contributed by atoms with Crippen molar-refractivity contribution in [1.29, 1.82) is 0 Å². The molecule has 23 heavy (non-hydrogen) atoms. The van der Waals surface area contributed by atoms with Crippen LogP contribution in [0, 0.1) is 13.8 Å². The van der Waals surface area contributed by atoms with Gasteiger partial charge in [-0.1, -0.05) is 45.8 Å². The van der Waals surface area contributed by atoms with Gasteiger partial charge < -0.3 is 5.32 Å². The van der Waals surface area contributed by atoms with Crippen LogP contribution in [-0.4, -0.2) is 9.97 Å². The van der Waals surface area contributed by atoms with E-state index in [2.05, 4.69) is 50.3 Å². The average molecular weight is 391 g/mol. The minimum absolute atomic E-state index is 0. The lowest BCUT2D eigenvalue weighted by Crippen LogP contribution is -1.99. The largest absolute Gasteiger partial charge is 0.340 e. The number of halogens is 2. The fourth-order valence-corrected chi connectivity index (χ4v) is 2.41. The topological polar surface area (TPSA) is 37.8 Å². The third kappa shape index (κ3) is 4.53. The summed E-state index contributed by atoms with van der Waals surface area (Å²) in [5.74, 6) is 1.52. The first kappa shape index (κ1) is 17.4. The lowest BCUT2D eigenvalue weighted by Gasteiger charge is -2.09. The highest BCUT2D eigenvalue weighted by Gasteiger charge is 2.05. The summed E-state index contributed by atoms with van der Waals surface area (Å²) in [4.78, 5) is 9.14. The molecule has 0 saturated heterocycles. The third-order valence-electron chi connectivity index (χ3n) is 3.28. The Morgan fingerprint density at radius 1 is 0.870 bits per heavy atom. The van der Waals surface area contributed by atoms with E-state index in [1.54, 1.807) is 0 Å². The molecular formula is C18H17BrClN3. The fraction of sp³-hybridized carbons (Fsp3) is 0.111. The second kappa shape index (κ2) is 7.57. The Bertz CT molecular complexity index is 786. The number of hydrogen-bond acceptors (Lipinski definition) is 3. The molecule has 0 aliphatic carbocycles. The first-order valence-corrected chi connectivity index (χ1v) is 7.85. The highest BCUT2D eigenvalue weighted by atomic mass is 79.9. The van der Waals surface area contributed by atoms with Gasteiger partial charge in [0.15, 0.2) is 5.82 Å². The number of anilines is 2. The summed E-state index contributed by atoms with van der Waals surface area (Å²) < 4.78 is 1.04. The monoisotopic (exact) mass is 389 g/mol. The lowest BCUT2D eigenvalue weighted by atomic mass is 10.2. The van der Waals surface area contributed by atoms with Gasteiger partial charge in [0.25, 0.3) is 0 Å². The minimum atomic E-state index is 0. The first-order valence-electron chi connectivity index (χ1n) is 7.05. The third-order valence-corrected chi connectivity index (χ3v) is 3.81. The van der Waals surface area contributed by atoms with E-state index in [4.69, 9.17) is 0 Å². The van der Waals surface area contributed by atoms with E-state index < -0.39 is 0 Å². The van der Waals surface area contributed by atoms with E-state index in [9.17, 15) is 0 Å². The van der Waals surface area contributed by atoms with Crippen LogP contribution in [0.25, 0.3) is 11.4 Å². The molecule has 0 radical (unpaired) electrons. The Hall–Kier alpha value is -1.91. The number of hydrogen-bond donors (Lipinski definition) is 1. The van der Waals surface area contributed by atoms with Crippen molar-refractivity contribution in [3.8, 4) is 11.4 Å². The van der Waals surface area contributed by atoms with Crippen LogP contribution in [-0.2, 0) is 0 Å². The summed E-state index contributed by atoms with van der Waals surface area (Å²) in [6.07, 6.45) is 0. The molecule has 3 rings (SSSR count). The molecule has 0 fully saturated rings. The molecule has 0 spiro atoms. The molecule has 0 atom stereocenters. The minimum Gasteiger partial charge on any atom is -0.340 e. The number of nitrogens with zero attached hydrogens (tertiary/aromatic N) is 2. The van der Waals surface area contributed by atoms with Crippen molar-refractivity contribution in [3.05, 3.63) is 70.3 Å². The number of benzene rings is 2. The molecular weight excluding hydrogens is 374 g/mol. The summed E-state index contributed by atoms with van der Waals surface area (Å²) in [7, 11) is 0. The maximum Gasteiger partial charge on any atom is 0.161 e. The molecule has 3 aromatic rings. The Morgan fingerprint density at radius 3 is 2.17 bits per heavy atom. The molecule has 2 aromatic carbocycles. The van der Waals surface area contributed by atoms with Gasteiger partial charge in [-0.2, -0.15) is 0 Å². The van der Waals surface area contributed by atoms with Crippen molar-refractivity contribution in [2.45, 2.75) is 13.8 Å². The molecule has 1 N–H and O–H groups in total. The van der Waals surface area contributed by atoms with Crippen molar-refractivity contribution in [2.24, 2.45) is 0 Å². The van der Waals surface area contributed by atoms with Crippen molar-refractivity contribution in [3.63, 3.8) is 0 Å². The Kier molecular flexibility index (Phi) is 5.74. The van der Waals surface area contributed by atoms with Crippen molar-refractivity contribution in [1.82, 2.24) is 9.97 Å². The smallest absolute Gasteiger partial charge is 0.161 e. The zero-order valence-electron chi connectivity index (χ0n) is 12.9. The van der Waals surface area contributed by atoms with Crippen LogP contribution in [0.4, 0.5) is 11.5 Å². The predicted octanol–water partition coefficient (Wildman–Crippen LogP) is 5.69. The van der Waals surface area contributed by atoms with E-state index in [0.717, 1.165) is 33.1 Å². The molecule has 1 heterocycles. The van der Waals surface area contributed by atoms with Gasteiger partial charge in [0.2, 0.25) is 0 Å². The molecule has 5 heteroatoms. The van der Waals surface area contributed by atoms with Crippen LogP contribution in [0.2, 0.25) is 0 Å². The second-order valence-electron chi connectivity index (χ2n) is 5.22. The van der Waals surface area contributed by atoms with E-state index in [-0.39, 0.29) is 12.4 Å². The Morgan fingerprint density at radius 2 is 1.52 bits per heavy atom. The lowest BCUT2D eigenvalue weighted by molar-refractivity contribution is 1.11. The number of nitrogens with one attached hydrogen (secondary N) is 1. The fourth-order valence-electron chi connectivity index (χ4n) is 2.15. The van der Waals surface area contributed by atoms with Gasteiger partial charge in [0.05, 0.1) is 0 Å². The van der Waals surface area contributed by atoms with Crippen molar-refractivity contribution < 1.29 is 0 Å².